The monoisotopic (exact) mass is 534 g/mol. The van der Waals surface area contributed by atoms with E-state index in [0.717, 1.165) is 22.2 Å². The maximum Gasteiger partial charge on any atom is 0.155 e. The summed E-state index contributed by atoms with van der Waals surface area (Å²) in [6.07, 6.45) is 0.208. The van der Waals surface area contributed by atoms with E-state index in [9.17, 15) is 4.79 Å². The number of ketones is 1. The van der Waals surface area contributed by atoms with E-state index in [1.807, 2.05) is 49.4 Å². The van der Waals surface area contributed by atoms with Crippen molar-refractivity contribution >= 4 is 16.7 Å². The van der Waals surface area contributed by atoms with Gasteiger partial charge >= 0.3 is 0 Å². The van der Waals surface area contributed by atoms with E-state index in [-0.39, 0.29) is 31.7 Å². The van der Waals surface area contributed by atoms with Crippen molar-refractivity contribution in [3.8, 4) is 11.3 Å². The molecule has 0 aliphatic carbocycles. The molecule has 0 bridgehead atoms. The van der Waals surface area contributed by atoms with E-state index in [2.05, 4.69) is 11.1 Å². The number of aryl methyl sites for hydroxylation is 2. The van der Waals surface area contributed by atoms with Crippen LogP contribution in [0.15, 0.2) is 60.4 Å². The zero-order chi connectivity index (χ0) is 25.9. The Morgan fingerprint density at radius 2 is 2.00 bits per heavy atom. The number of allylic oxidation sites excluding steroid dienone is 2. The van der Waals surface area contributed by atoms with Crippen LogP contribution in [0.2, 0.25) is 0 Å². The van der Waals surface area contributed by atoms with Gasteiger partial charge in [-0.15, -0.1) is 34.9 Å². The summed E-state index contributed by atoms with van der Waals surface area (Å²) in [5, 5.41) is 9.81. The predicted molar refractivity (Wildman–Crippen MR) is 103 cm³/mol. The molecule has 0 unspecified atom stereocenters. The van der Waals surface area contributed by atoms with E-state index in [0.29, 0.717) is 5.56 Å². The number of aliphatic hydroxyl groups is 1. The summed E-state index contributed by atoms with van der Waals surface area (Å²) in [6, 6.07) is 18.3. The van der Waals surface area contributed by atoms with Crippen LogP contribution in [0.4, 0.5) is 0 Å². The molecule has 0 saturated carbocycles. The van der Waals surface area contributed by atoms with Crippen molar-refractivity contribution in [2.45, 2.75) is 27.5 Å². The van der Waals surface area contributed by atoms with Crippen molar-refractivity contribution in [3.63, 3.8) is 0 Å². The molecule has 0 aliphatic heterocycles. The summed E-state index contributed by atoms with van der Waals surface area (Å²) in [7, 11) is 0. The van der Waals surface area contributed by atoms with Crippen LogP contribution in [0, 0.1) is 19.8 Å². The summed E-state index contributed by atoms with van der Waals surface area (Å²) >= 11 is 0. The molecule has 1 aromatic heterocycles. The van der Waals surface area contributed by atoms with E-state index >= 15 is 0 Å². The second-order valence-electron chi connectivity index (χ2n) is 5.27. The fraction of sp³-hybridized carbons (Fsp3) is 0.182. The second kappa shape index (κ2) is 10.0. The summed E-state index contributed by atoms with van der Waals surface area (Å²) in [5.74, 6) is -2.62. The number of carbonyl (C=O) groups is 1. The third-order valence-electron chi connectivity index (χ3n) is 3.16. The van der Waals surface area contributed by atoms with Crippen LogP contribution in [0.3, 0.4) is 0 Å². The first-order valence-electron chi connectivity index (χ1n) is 11.8. The Kier molecular flexibility index (Phi) is 4.40. The van der Waals surface area contributed by atoms with Crippen molar-refractivity contribution in [1.82, 2.24) is 4.98 Å². The van der Waals surface area contributed by atoms with Crippen molar-refractivity contribution < 1.29 is 42.3 Å². The Morgan fingerprint density at radius 1 is 1.19 bits per heavy atom. The van der Waals surface area contributed by atoms with Crippen LogP contribution in [0.1, 0.15) is 37.2 Å². The number of rotatable bonds is 2. The van der Waals surface area contributed by atoms with Gasteiger partial charge in [0.05, 0.1) is 11.3 Å². The number of aliphatic hydroxyl groups excluding tert-OH is 1. The molecule has 0 spiro atoms. The Morgan fingerprint density at radius 3 is 2.73 bits per heavy atom. The summed E-state index contributed by atoms with van der Waals surface area (Å²) in [4.78, 5) is 15.3. The van der Waals surface area contributed by atoms with Gasteiger partial charge in [-0.2, -0.15) is 0 Å². The van der Waals surface area contributed by atoms with Gasteiger partial charge in [0.2, 0.25) is 0 Å². The maximum absolute atomic E-state index is 10.7. The fourth-order valence-electron chi connectivity index (χ4n) is 2.19. The number of carbonyl (C=O) groups excluding carboxylic acids is 1. The molecule has 3 aromatic rings. The van der Waals surface area contributed by atoms with Crippen LogP contribution in [0.25, 0.3) is 22.2 Å². The van der Waals surface area contributed by atoms with E-state index < -0.39 is 32.1 Å². The molecular formula is C22H22IrNO2-. The number of fused-ring (bicyclic) bond motifs is 1. The number of pyridine rings is 1. The van der Waals surface area contributed by atoms with Gasteiger partial charge in [0.25, 0.3) is 0 Å². The van der Waals surface area contributed by atoms with E-state index in [1.54, 1.807) is 6.07 Å². The van der Waals surface area contributed by atoms with Gasteiger partial charge in [-0.25, -0.2) is 0 Å². The van der Waals surface area contributed by atoms with Gasteiger partial charge in [-0.1, -0.05) is 44.1 Å². The van der Waals surface area contributed by atoms with Crippen molar-refractivity contribution in [2.75, 3.05) is 0 Å². The largest absolute Gasteiger partial charge is 0.512 e. The minimum Gasteiger partial charge on any atom is -0.512 e. The molecule has 137 valence electrons. The predicted octanol–water partition coefficient (Wildman–Crippen LogP) is 5.35. The van der Waals surface area contributed by atoms with Gasteiger partial charge in [0, 0.05) is 38.5 Å². The zero-order valence-corrected chi connectivity index (χ0v) is 16.2. The smallest absolute Gasteiger partial charge is 0.155 e. The quantitative estimate of drug-likeness (QED) is 0.274. The number of hydrogen-bond acceptors (Lipinski definition) is 3. The summed E-state index contributed by atoms with van der Waals surface area (Å²) < 4.78 is 62.2. The summed E-state index contributed by atoms with van der Waals surface area (Å²) in [6.45, 7) is -6.04. The third kappa shape index (κ3) is 6.55. The molecule has 1 heterocycles. The molecule has 0 atom stereocenters. The molecule has 2 aromatic carbocycles. The van der Waals surface area contributed by atoms with Crippen LogP contribution in [-0.4, -0.2) is 15.9 Å². The van der Waals surface area contributed by atoms with Gasteiger partial charge in [0.1, 0.15) is 0 Å². The van der Waals surface area contributed by atoms with Crippen molar-refractivity contribution in [2.24, 2.45) is 0 Å². The van der Waals surface area contributed by atoms with Gasteiger partial charge < -0.3 is 5.11 Å². The average molecular weight is 534 g/mol. The van der Waals surface area contributed by atoms with E-state index in [4.69, 9.17) is 17.4 Å². The van der Waals surface area contributed by atoms with Crippen LogP contribution < -0.4 is 0 Å². The molecule has 4 heteroatoms. The molecule has 0 saturated heterocycles. The summed E-state index contributed by atoms with van der Waals surface area (Å²) in [5.41, 5.74) is 3.47. The van der Waals surface area contributed by atoms with Crippen LogP contribution >= 0.6 is 0 Å². The maximum atomic E-state index is 10.7. The van der Waals surface area contributed by atoms with Crippen LogP contribution in [-0.2, 0) is 24.9 Å². The van der Waals surface area contributed by atoms with Crippen molar-refractivity contribution in [3.05, 3.63) is 77.6 Å². The molecule has 1 radical (unpaired) electrons. The molecule has 1 N–H and O–H groups in total. The molecule has 26 heavy (non-hydrogen) atoms. The number of benzene rings is 2. The van der Waals surface area contributed by atoms with Gasteiger partial charge in [-0.05, 0) is 30.9 Å². The van der Waals surface area contributed by atoms with Gasteiger partial charge in [0.15, 0.2) is 5.78 Å². The number of para-hydroxylation sites is 1. The molecule has 0 aliphatic rings. The molecule has 3 rings (SSSR count). The van der Waals surface area contributed by atoms with Crippen LogP contribution in [0.5, 0.6) is 0 Å². The molecule has 0 amide bonds. The SMILES string of the molecule is [2H]C([2H])([2H])C(=O)/C=C(\O)C([2H])([2H])[2H].[2H]C([2H])([2H])c1[c-]c(-c2ccc3ccccc3n2)cc(C)c1.[Ir]. The van der Waals surface area contributed by atoms with Crippen molar-refractivity contribution in [1.29, 1.82) is 0 Å². The number of hydrogen-bond donors (Lipinski definition) is 1. The normalized spacial score (nSPS) is 17.1. The molecular weight excluding hydrogens is 502 g/mol. The Hall–Kier alpha value is -2.29. The fourth-order valence-corrected chi connectivity index (χ4v) is 2.19. The first-order chi connectivity index (χ1) is 15.5. The number of nitrogens with zero attached hydrogens (tertiary/aromatic N) is 1. The standard InChI is InChI=1S/C17H14N.C5H8O2.Ir/c1-12-9-13(2)11-15(10-12)17-8-7-14-5-3-4-6-16(14)18-17;1-4(6)3-5(2)7;/h3-10H,1-2H3;3,6H,1-2H3;/q-1;;/b;4-3-;/i2D3;1D3,2D3;. The Bertz CT molecular complexity index is 1220. The number of aromatic nitrogens is 1. The first-order valence-corrected chi connectivity index (χ1v) is 7.35. The topological polar surface area (TPSA) is 50.2 Å². The Balaban J connectivity index is 0.000000383. The Labute approximate surface area is 180 Å². The van der Waals surface area contributed by atoms with Gasteiger partial charge in [-0.3, -0.25) is 9.78 Å². The average Bonchev–Trinajstić information content (AvgIpc) is 2.71. The zero-order valence-electron chi connectivity index (χ0n) is 22.8. The minimum absolute atomic E-state index is 0. The van der Waals surface area contributed by atoms with E-state index in [1.165, 1.54) is 0 Å². The second-order valence-corrected chi connectivity index (χ2v) is 5.27. The minimum atomic E-state index is -2.92. The third-order valence-corrected chi connectivity index (χ3v) is 3.16. The molecule has 0 fully saturated rings. The first kappa shape index (κ1) is 11.4. The molecule has 3 nitrogen and oxygen atoms in total.